The highest BCUT2D eigenvalue weighted by molar-refractivity contribution is 5.96. The molecular formula is C32H34FN7O3. The van der Waals surface area contributed by atoms with Crippen molar-refractivity contribution in [1.82, 2.24) is 30.2 Å². The van der Waals surface area contributed by atoms with E-state index in [1.165, 1.54) is 12.3 Å². The average molecular weight is 584 g/mol. The molecule has 0 radical (unpaired) electrons. The molecule has 0 saturated carbocycles. The summed E-state index contributed by atoms with van der Waals surface area (Å²) in [6.07, 6.45) is 6.09. The number of fused-ring (bicyclic) bond motifs is 1. The lowest BCUT2D eigenvalue weighted by Gasteiger charge is -2.33. The van der Waals surface area contributed by atoms with Crippen LogP contribution in [0.3, 0.4) is 0 Å². The van der Waals surface area contributed by atoms with Gasteiger partial charge in [0.15, 0.2) is 11.6 Å². The summed E-state index contributed by atoms with van der Waals surface area (Å²) in [5.41, 5.74) is 3.63. The summed E-state index contributed by atoms with van der Waals surface area (Å²) in [5.74, 6) is -0.291. The third-order valence-corrected chi connectivity index (χ3v) is 8.01. The number of carbonyl (C=O) groups is 2. The fraction of sp³-hybridized carbons (Fsp3) is 0.344. The highest BCUT2D eigenvalue weighted by atomic mass is 19.1. The molecule has 4 aromatic rings. The van der Waals surface area contributed by atoms with E-state index in [0.29, 0.717) is 31.9 Å². The first-order valence-corrected chi connectivity index (χ1v) is 14.6. The molecule has 2 saturated heterocycles. The van der Waals surface area contributed by atoms with Crippen LogP contribution in [0.4, 0.5) is 10.2 Å². The van der Waals surface area contributed by atoms with Crippen LogP contribution >= 0.6 is 0 Å². The van der Waals surface area contributed by atoms with Crippen LogP contribution in [0.2, 0.25) is 0 Å². The smallest absolute Gasteiger partial charge is 0.243 e. The third kappa shape index (κ3) is 6.47. The zero-order valence-corrected chi connectivity index (χ0v) is 23.9. The minimum atomic E-state index is -0.586. The molecule has 2 N–H and O–H groups in total. The molecule has 1 unspecified atom stereocenters. The normalized spacial score (nSPS) is 17.6. The second kappa shape index (κ2) is 12.8. The number of nitrogens with one attached hydrogen (secondary N) is 2. The van der Waals surface area contributed by atoms with Gasteiger partial charge in [-0.15, -0.1) is 0 Å². The second-order valence-electron chi connectivity index (χ2n) is 11.0. The first-order chi connectivity index (χ1) is 21.0. The number of ether oxygens (including phenoxy) is 1. The van der Waals surface area contributed by atoms with Crippen LogP contribution in [0.15, 0.2) is 61.6 Å². The van der Waals surface area contributed by atoms with Gasteiger partial charge in [0, 0.05) is 56.1 Å². The molecule has 1 amide bonds. The number of pyridine rings is 1. The molecule has 3 aromatic heterocycles. The number of rotatable bonds is 9. The van der Waals surface area contributed by atoms with Crippen molar-refractivity contribution in [3.8, 4) is 11.3 Å². The minimum absolute atomic E-state index is 0.0164. The van der Waals surface area contributed by atoms with Gasteiger partial charge in [0.1, 0.15) is 23.5 Å². The Morgan fingerprint density at radius 2 is 1.93 bits per heavy atom. The summed E-state index contributed by atoms with van der Waals surface area (Å²) in [6.45, 7) is 8.13. The van der Waals surface area contributed by atoms with E-state index < -0.39 is 5.82 Å². The SMILES string of the molecule is C=CC(=O)NC1CCCN(Cc2ccnc(C(=O)Cc3ccc(-c4cc5c(N6CCOCC6)ncnc5[nH]4)cc3)c2F)C1. The van der Waals surface area contributed by atoms with Crippen molar-refractivity contribution in [2.45, 2.75) is 31.8 Å². The number of morpholine rings is 1. The van der Waals surface area contributed by atoms with E-state index in [-0.39, 0.29) is 29.8 Å². The maximum Gasteiger partial charge on any atom is 0.243 e. The van der Waals surface area contributed by atoms with Gasteiger partial charge in [0.05, 0.1) is 18.6 Å². The number of likely N-dealkylation sites (tertiary alicyclic amines) is 1. The Balaban J connectivity index is 1.12. The van der Waals surface area contributed by atoms with Crippen LogP contribution in [0.1, 0.15) is 34.5 Å². The number of carbonyl (C=O) groups excluding carboxylic acids is 2. The van der Waals surface area contributed by atoms with Crippen LogP contribution in [0, 0.1) is 5.82 Å². The summed E-state index contributed by atoms with van der Waals surface area (Å²) in [7, 11) is 0. The summed E-state index contributed by atoms with van der Waals surface area (Å²) >= 11 is 0. The number of Topliss-reactive ketones (excluding diaryl/α,β-unsaturated/α-hetero) is 1. The maximum absolute atomic E-state index is 15.5. The molecule has 1 atom stereocenters. The number of aromatic nitrogens is 4. The number of hydrogen-bond donors (Lipinski definition) is 2. The fourth-order valence-corrected chi connectivity index (χ4v) is 5.80. The van der Waals surface area contributed by atoms with E-state index in [2.05, 4.69) is 41.6 Å². The number of piperidine rings is 1. The van der Waals surface area contributed by atoms with E-state index in [0.717, 1.165) is 66.1 Å². The molecule has 2 aliphatic heterocycles. The van der Waals surface area contributed by atoms with Gasteiger partial charge in [-0.1, -0.05) is 30.8 Å². The largest absolute Gasteiger partial charge is 0.378 e. The number of benzene rings is 1. The predicted molar refractivity (Wildman–Crippen MR) is 161 cm³/mol. The summed E-state index contributed by atoms with van der Waals surface area (Å²) < 4.78 is 21.0. The van der Waals surface area contributed by atoms with Crippen LogP contribution in [-0.4, -0.2) is 82.0 Å². The van der Waals surface area contributed by atoms with Crippen molar-refractivity contribution in [3.63, 3.8) is 0 Å². The molecule has 10 nitrogen and oxygen atoms in total. The van der Waals surface area contributed by atoms with E-state index in [9.17, 15) is 9.59 Å². The lowest BCUT2D eigenvalue weighted by molar-refractivity contribution is -0.117. The molecule has 0 aliphatic carbocycles. The van der Waals surface area contributed by atoms with Crippen LogP contribution in [-0.2, 0) is 22.5 Å². The number of anilines is 1. The number of aromatic amines is 1. The number of ketones is 1. The van der Waals surface area contributed by atoms with Gasteiger partial charge in [-0.2, -0.15) is 0 Å². The molecule has 1 aromatic carbocycles. The van der Waals surface area contributed by atoms with Gasteiger partial charge in [-0.3, -0.25) is 14.5 Å². The topological polar surface area (TPSA) is 116 Å². The van der Waals surface area contributed by atoms with Crippen molar-refractivity contribution in [1.29, 1.82) is 0 Å². The predicted octanol–water partition coefficient (Wildman–Crippen LogP) is 3.69. The Hall–Kier alpha value is -4.48. The van der Waals surface area contributed by atoms with Crippen LogP contribution in [0.25, 0.3) is 22.3 Å². The summed E-state index contributed by atoms with van der Waals surface area (Å²) in [4.78, 5) is 45.5. The van der Waals surface area contributed by atoms with Gasteiger partial charge in [0.2, 0.25) is 5.91 Å². The number of amides is 1. The Bertz CT molecular complexity index is 1630. The zero-order chi connectivity index (χ0) is 29.8. The van der Waals surface area contributed by atoms with Gasteiger partial charge < -0.3 is 19.9 Å². The van der Waals surface area contributed by atoms with E-state index in [4.69, 9.17) is 4.74 Å². The lowest BCUT2D eigenvalue weighted by Crippen LogP contribution is -2.47. The second-order valence-corrected chi connectivity index (χ2v) is 11.0. The van der Waals surface area contributed by atoms with Crippen molar-refractivity contribution in [2.75, 3.05) is 44.3 Å². The van der Waals surface area contributed by atoms with E-state index >= 15 is 4.39 Å². The molecule has 2 aliphatic rings. The molecule has 6 rings (SSSR count). The van der Waals surface area contributed by atoms with Gasteiger partial charge >= 0.3 is 0 Å². The molecule has 43 heavy (non-hydrogen) atoms. The molecule has 11 heteroatoms. The number of halogens is 1. The Morgan fingerprint density at radius 3 is 2.72 bits per heavy atom. The third-order valence-electron chi connectivity index (χ3n) is 8.01. The average Bonchev–Trinajstić information content (AvgIpc) is 3.48. The molecule has 5 heterocycles. The first kappa shape index (κ1) is 28.6. The number of H-pyrrole nitrogens is 1. The fourth-order valence-electron chi connectivity index (χ4n) is 5.80. The van der Waals surface area contributed by atoms with E-state index in [1.807, 2.05) is 30.3 Å². The molecule has 0 spiro atoms. The minimum Gasteiger partial charge on any atom is -0.378 e. The Morgan fingerprint density at radius 1 is 1.12 bits per heavy atom. The van der Waals surface area contributed by atoms with Gasteiger partial charge in [-0.25, -0.2) is 19.3 Å². The van der Waals surface area contributed by atoms with Crippen molar-refractivity contribution in [2.24, 2.45) is 0 Å². The monoisotopic (exact) mass is 583 g/mol. The van der Waals surface area contributed by atoms with Gasteiger partial charge in [-0.05, 0) is 48.7 Å². The molecule has 0 bridgehead atoms. The zero-order valence-electron chi connectivity index (χ0n) is 23.9. The molecule has 2 fully saturated rings. The van der Waals surface area contributed by atoms with Crippen molar-refractivity contribution in [3.05, 3.63) is 84.2 Å². The summed E-state index contributed by atoms with van der Waals surface area (Å²) in [6, 6.07) is 11.3. The number of nitrogens with zero attached hydrogens (tertiary/aromatic N) is 5. The standard InChI is InChI=1S/C32H34FN7O3/c1-2-28(42)37-24-4-3-11-39(19-24)18-23-9-10-34-30(29(23)33)27(41)16-21-5-7-22(8-6-21)26-17-25-31(38-26)35-20-36-32(25)40-12-14-43-15-13-40/h2,5-10,17,20,24H,1,3-4,11-16,18-19H2,(H,37,42)(H,35,36,38). The van der Waals surface area contributed by atoms with Gasteiger partial charge in [0.25, 0.3) is 0 Å². The molecule has 222 valence electrons. The highest BCUT2D eigenvalue weighted by Crippen LogP contribution is 2.29. The highest BCUT2D eigenvalue weighted by Gasteiger charge is 2.24. The van der Waals surface area contributed by atoms with E-state index in [1.54, 1.807) is 12.4 Å². The Kier molecular flexibility index (Phi) is 8.52. The van der Waals surface area contributed by atoms with Crippen LogP contribution in [0.5, 0.6) is 0 Å². The van der Waals surface area contributed by atoms with Crippen molar-refractivity contribution < 1.29 is 18.7 Å². The summed E-state index contributed by atoms with van der Waals surface area (Å²) in [5, 5.41) is 3.87. The quantitative estimate of drug-likeness (QED) is 0.227. The molecular weight excluding hydrogens is 549 g/mol. The number of hydrogen-bond acceptors (Lipinski definition) is 8. The Labute approximate surface area is 249 Å². The maximum atomic E-state index is 15.5. The van der Waals surface area contributed by atoms with Crippen LogP contribution < -0.4 is 10.2 Å². The van der Waals surface area contributed by atoms with Crippen molar-refractivity contribution >= 4 is 28.5 Å². The lowest BCUT2D eigenvalue weighted by atomic mass is 10.0. The first-order valence-electron chi connectivity index (χ1n) is 14.6.